The molecule has 0 aliphatic rings. The van der Waals surface area contributed by atoms with Crippen molar-refractivity contribution in [1.29, 1.82) is 0 Å². The second-order valence-electron chi connectivity index (χ2n) is 2.84. The number of hydrogen-bond acceptors (Lipinski definition) is 4. The van der Waals surface area contributed by atoms with Gasteiger partial charge in [0, 0.05) is 5.46 Å². The third-order valence-electron chi connectivity index (χ3n) is 1.97. The van der Waals surface area contributed by atoms with E-state index in [0.29, 0.717) is 0 Å². The van der Waals surface area contributed by atoms with Crippen LogP contribution in [0.5, 0.6) is 5.75 Å². The molecule has 1 heterocycles. The van der Waals surface area contributed by atoms with Crippen LogP contribution in [0.3, 0.4) is 0 Å². The van der Waals surface area contributed by atoms with E-state index in [2.05, 4.69) is 0 Å². The SMILES string of the molecule is OB(O)c1cc2ccsc2c(Cl)c1O. The van der Waals surface area contributed by atoms with Gasteiger partial charge >= 0.3 is 7.12 Å². The van der Waals surface area contributed by atoms with Crippen LogP contribution in [-0.2, 0) is 0 Å². The summed E-state index contributed by atoms with van der Waals surface area (Å²) in [6.45, 7) is 0. The van der Waals surface area contributed by atoms with Crippen molar-refractivity contribution < 1.29 is 15.2 Å². The van der Waals surface area contributed by atoms with Gasteiger partial charge in [-0.05, 0) is 22.9 Å². The van der Waals surface area contributed by atoms with Gasteiger partial charge < -0.3 is 15.2 Å². The Labute approximate surface area is 89.3 Å². The fourth-order valence-electron chi connectivity index (χ4n) is 1.28. The van der Waals surface area contributed by atoms with Crippen molar-refractivity contribution in [2.75, 3.05) is 0 Å². The molecule has 2 rings (SSSR count). The van der Waals surface area contributed by atoms with Crippen molar-refractivity contribution in [3.8, 4) is 5.75 Å². The van der Waals surface area contributed by atoms with E-state index in [1.807, 2.05) is 5.38 Å². The van der Waals surface area contributed by atoms with Gasteiger partial charge in [0.2, 0.25) is 0 Å². The minimum Gasteiger partial charge on any atom is -0.507 e. The highest BCUT2D eigenvalue weighted by atomic mass is 35.5. The van der Waals surface area contributed by atoms with Gasteiger partial charge in [0.05, 0.1) is 9.72 Å². The molecule has 0 saturated heterocycles. The number of phenolic OH excluding ortho intramolecular Hbond substituents is 1. The van der Waals surface area contributed by atoms with Crippen LogP contribution in [0.25, 0.3) is 10.1 Å². The summed E-state index contributed by atoms with van der Waals surface area (Å²) < 4.78 is 0.744. The van der Waals surface area contributed by atoms with E-state index in [9.17, 15) is 5.11 Å². The number of benzene rings is 1. The van der Waals surface area contributed by atoms with Gasteiger partial charge in [-0.2, -0.15) is 0 Å². The second kappa shape index (κ2) is 3.44. The van der Waals surface area contributed by atoms with Gasteiger partial charge in [0.25, 0.3) is 0 Å². The van der Waals surface area contributed by atoms with E-state index in [0.717, 1.165) is 10.1 Å². The highest BCUT2D eigenvalue weighted by Gasteiger charge is 2.20. The smallest absolute Gasteiger partial charge is 0.492 e. The molecule has 1 aromatic carbocycles. The Hall–Kier alpha value is -0.745. The van der Waals surface area contributed by atoms with Crippen molar-refractivity contribution in [2.45, 2.75) is 0 Å². The summed E-state index contributed by atoms with van der Waals surface area (Å²) in [5.74, 6) is -0.267. The van der Waals surface area contributed by atoms with E-state index in [4.69, 9.17) is 21.6 Å². The summed E-state index contributed by atoms with van der Waals surface area (Å²) in [6.07, 6.45) is 0. The van der Waals surface area contributed by atoms with Gasteiger partial charge in [-0.25, -0.2) is 0 Å². The van der Waals surface area contributed by atoms with Gasteiger partial charge in [0.1, 0.15) is 5.75 Å². The van der Waals surface area contributed by atoms with Crippen molar-refractivity contribution in [3.05, 3.63) is 22.5 Å². The molecule has 0 fully saturated rings. The summed E-state index contributed by atoms with van der Waals surface area (Å²) in [4.78, 5) is 0. The van der Waals surface area contributed by atoms with Gasteiger partial charge in [0.15, 0.2) is 0 Å². The Kier molecular flexibility index (Phi) is 2.40. The molecule has 0 aliphatic carbocycles. The summed E-state index contributed by atoms with van der Waals surface area (Å²) in [5.41, 5.74) is 0.0286. The molecular formula is C8H6BClO3S. The third-order valence-corrected chi connectivity index (χ3v) is 3.39. The molecule has 3 nitrogen and oxygen atoms in total. The lowest BCUT2D eigenvalue weighted by Crippen LogP contribution is -2.30. The third kappa shape index (κ3) is 1.38. The normalized spacial score (nSPS) is 10.8. The van der Waals surface area contributed by atoms with Crippen molar-refractivity contribution in [1.82, 2.24) is 0 Å². The van der Waals surface area contributed by atoms with Crippen LogP contribution in [-0.4, -0.2) is 22.3 Å². The zero-order chi connectivity index (χ0) is 10.3. The van der Waals surface area contributed by atoms with E-state index in [1.54, 1.807) is 6.07 Å². The molecule has 3 N–H and O–H groups in total. The molecule has 6 heteroatoms. The molecule has 0 radical (unpaired) electrons. The standard InChI is InChI=1S/C8H6BClO3S/c10-6-7(11)5(9(12)13)3-4-1-2-14-8(4)6/h1-3,11-13H. The lowest BCUT2D eigenvalue weighted by molar-refractivity contribution is 0.420. The van der Waals surface area contributed by atoms with Crippen LogP contribution >= 0.6 is 22.9 Å². The summed E-state index contributed by atoms with van der Waals surface area (Å²) in [5, 5.41) is 30.3. The fraction of sp³-hybridized carbons (Fsp3) is 0. The fourth-order valence-corrected chi connectivity index (χ4v) is 2.44. The molecule has 72 valence electrons. The maximum atomic E-state index is 9.54. The number of phenols is 1. The minimum atomic E-state index is -1.71. The minimum absolute atomic E-state index is 0.0286. The molecule has 0 saturated carbocycles. The van der Waals surface area contributed by atoms with E-state index >= 15 is 0 Å². The Morgan fingerprint density at radius 1 is 1.36 bits per heavy atom. The number of halogens is 1. The topological polar surface area (TPSA) is 60.7 Å². The number of fused-ring (bicyclic) bond motifs is 1. The van der Waals surface area contributed by atoms with Crippen molar-refractivity contribution >= 4 is 45.6 Å². The maximum absolute atomic E-state index is 9.54. The van der Waals surface area contributed by atoms with Gasteiger partial charge in [-0.3, -0.25) is 0 Å². The maximum Gasteiger partial charge on any atom is 0.492 e. The number of hydrogen-bond donors (Lipinski definition) is 3. The van der Waals surface area contributed by atoms with E-state index in [-0.39, 0.29) is 16.2 Å². The van der Waals surface area contributed by atoms with Crippen LogP contribution in [0, 0.1) is 0 Å². The van der Waals surface area contributed by atoms with Crippen molar-refractivity contribution in [3.63, 3.8) is 0 Å². The van der Waals surface area contributed by atoms with Crippen LogP contribution in [0.2, 0.25) is 5.02 Å². The molecule has 0 spiro atoms. The molecular weight excluding hydrogens is 222 g/mol. The van der Waals surface area contributed by atoms with Crippen LogP contribution < -0.4 is 5.46 Å². The number of rotatable bonds is 1. The first-order chi connectivity index (χ1) is 6.61. The van der Waals surface area contributed by atoms with Crippen LogP contribution in [0.4, 0.5) is 0 Å². The van der Waals surface area contributed by atoms with Gasteiger partial charge in [-0.15, -0.1) is 11.3 Å². The highest BCUT2D eigenvalue weighted by molar-refractivity contribution is 7.18. The average molecular weight is 228 g/mol. The number of aromatic hydroxyl groups is 1. The summed E-state index contributed by atoms with van der Waals surface area (Å²) in [6, 6.07) is 3.31. The highest BCUT2D eigenvalue weighted by Crippen LogP contribution is 2.34. The summed E-state index contributed by atoms with van der Waals surface area (Å²) >= 11 is 7.25. The predicted molar refractivity (Wildman–Crippen MR) is 58.3 cm³/mol. The molecule has 14 heavy (non-hydrogen) atoms. The largest absolute Gasteiger partial charge is 0.507 e. The van der Waals surface area contributed by atoms with Crippen molar-refractivity contribution in [2.24, 2.45) is 0 Å². The van der Waals surface area contributed by atoms with Gasteiger partial charge in [-0.1, -0.05) is 11.6 Å². The van der Waals surface area contributed by atoms with E-state index in [1.165, 1.54) is 17.4 Å². The first-order valence-corrected chi connectivity index (χ1v) is 5.11. The summed E-state index contributed by atoms with van der Waals surface area (Å²) in [7, 11) is -1.71. The lowest BCUT2D eigenvalue weighted by Gasteiger charge is -2.05. The molecule has 0 unspecified atom stereocenters. The zero-order valence-corrected chi connectivity index (χ0v) is 8.51. The predicted octanol–water partition coefficient (Wildman–Crippen LogP) is 0.940. The molecule has 0 amide bonds. The first-order valence-electron chi connectivity index (χ1n) is 3.86. The Morgan fingerprint density at radius 3 is 2.71 bits per heavy atom. The molecule has 2 aromatic rings. The quantitative estimate of drug-likeness (QED) is 0.637. The molecule has 0 atom stereocenters. The Balaban J connectivity index is 2.80. The second-order valence-corrected chi connectivity index (χ2v) is 4.14. The molecule has 0 aliphatic heterocycles. The Bertz CT molecular complexity index is 483. The zero-order valence-electron chi connectivity index (χ0n) is 6.94. The van der Waals surface area contributed by atoms with E-state index < -0.39 is 7.12 Å². The average Bonchev–Trinajstić information content (AvgIpc) is 2.58. The van der Waals surface area contributed by atoms with Crippen LogP contribution in [0.1, 0.15) is 0 Å². The molecule has 0 bridgehead atoms. The monoisotopic (exact) mass is 228 g/mol. The number of thiophene rings is 1. The molecule has 1 aromatic heterocycles. The first kappa shape index (κ1) is 9.80. The van der Waals surface area contributed by atoms with Crippen LogP contribution in [0.15, 0.2) is 17.5 Å². The Morgan fingerprint density at radius 2 is 2.07 bits per heavy atom. The lowest BCUT2D eigenvalue weighted by atomic mass is 9.79.